The number of halogens is 2. The molecule has 0 aromatic carbocycles. The highest BCUT2D eigenvalue weighted by molar-refractivity contribution is 9.08. The molecule has 0 unspecified atom stereocenters. The highest BCUT2D eigenvalue weighted by Gasteiger charge is 2.12. The van der Waals surface area contributed by atoms with Gasteiger partial charge in [-0.15, -0.1) is 0 Å². The largest absolute Gasteiger partial charge is 0.285 e. The first-order valence-electron chi connectivity index (χ1n) is 5.33. The summed E-state index contributed by atoms with van der Waals surface area (Å²) in [4.78, 5) is 20.8. The van der Waals surface area contributed by atoms with Crippen molar-refractivity contribution in [1.29, 1.82) is 0 Å². The van der Waals surface area contributed by atoms with Gasteiger partial charge in [0.1, 0.15) is 11.4 Å². The summed E-state index contributed by atoms with van der Waals surface area (Å²) in [6, 6.07) is 10.8. The molecule has 0 fully saturated rings. The van der Waals surface area contributed by atoms with Crippen molar-refractivity contribution in [2.75, 3.05) is 0 Å². The van der Waals surface area contributed by atoms with Gasteiger partial charge >= 0.3 is 0 Å². The Morgan fingerprint density at radius 2 is 1.33 bits per heavy atom. The van der Waals surface area contributed by atoms with Crippen molar-refractivity contribution in [3.63, 3.8) is 0 Å². The first-order chi connectivity index (χ1) is 8.74. The Hall–Kier alpha value is -1.07. The van der Waals surface area contributed by atoms with Gasteiger partial charge in [0.25, 0.3) is 0 Å². The van der Waals surface area contributed by atoms with Gasteiger partial charge in [-0.05, 0) is 24.3 Å². The van der Waals surface area contributed by atoms with Crippen molar-refractivity contribution in [2.45, 2.75) is 10.7 Å². The van der Waals surface area contributed by atoms with E-state index >= 15 is 0 Å². The van der Waals surface area contributed by atoms with E-state index in [4.69, 9.17) is 0 Å². The topological polar surface area (TPSA) is 42.9 Å². The van der Waals surface area contributed by atoms with E-state index in [-0.39, 0.29) is 5.78 Å². The second-order valence-corrected chi connectivity index (χ2v) is 4.75. The van der Waals surface area contributed by atoms with Gasteiger partial charge < -0.3 is 0 Å². The van der Waals surface area contributed by atoms with Gasteiger partial charge in [0, 0.05) is 10.7 Å². The molecule has 0 aliphatic heterocycles. The minimum atomic E-state index is -0.152. The summed E-state index contributed by atoms with van der Waals surface area (Å²) in [5.74, 6) is -0.152. The molecule has 92 valence electrons. The molecule has 0 atom stereocenters. The zero-order valence-electron chi connectivity index (χ0n) is 9.44. The van der Waals surface area contributed by atoms with Crippen LogP contribution in [0, 0.1) is 0 Å². The van der Waals surface area contributed by atoms with E-state index in [1.807, 2.05) is 24.3 Å². The molecule has 3 nitrogen and oxygen atoms in total. The van der Waals surface area contributed by atoms with Gasteiger partial charge in [-0.2, -0.15) is 0 Å². The SMILES string of the molecule is O=C(c1cccc(CBr)n1)c1cccc(CBr)n1. The summed E-state index contributed by atoms with van der Waals surface area (Å²) < 4.78 is 0. The lowest BCUT2D eigenvalue weighted by molar-refractivity contribution is 0.102. The summed E-state index contributed by atoms with van der Waals surface area (Å²) in [6.45, 7) is 0. The number of carbonyl (C=O) groups excluding carboxylic acids is 1. The molecular weight excluding hydrogens is 360 g/mol. The van der Waals surface area contributed by atoms with Gasteiger partial charge in [-0.25, -0.2) is 9.97 Å². The van der Waals surface area contributed by atoms with Crippen LogP contribution in [0.2, 0.25) is 0 Å². The Morgan fingerprint density at radius 1 is 0.889 bits per heavy atom. The quantitative estimate of drug-likeness (QED) is 0.611. The molecule has 0 aliphatic carbocycles. The molecule has 0 saturated carbocycles. The molecule has 5 heteroatoms. The second kappa shape index (κ2) is 6.20. The van der Waals surface area contributed by atoms with Gasteiger partial charge in [0.15, 0.2) is 0 Å². The monoisotopic (exact) mass is 368 g/mol. The van der Waals surface area contributed by atoms with Crippen molar-refractivity contribution < 1.29 is 4.79 Å². The maximum Gasteiger partial charge on any atom is 0.229 e. The third kappa shape index (κ3) is 3.03. The maximum atomic E-state index is 12.2. The first-order valence-corrected chi connectivity index (χ1v) is 7.57. The number of alkyl halides is 2. The molecule has 0 aliphatic rings. The van der Waals surface area contributed by atoms with Crippen molar-refractivity contribution >= 4 is 37.6 Å². The zero-order chi connectivity index (χ0) is 13.0. The third-order valence-electron chi connectivity index (χ3n) is 2.35. The number of rotatable bonds is 4. The normalized spacial score (nSPS) is 10.3. The second-order valence-electron chi connectivity index (χ2n) is 3.62. The Labute approximate surface area is 122 Å². The van der Waals surface area contributed by atoms with Crippen LogP contribution in [0.1, 0.15) is 27.6 Å². The van der Waals surface area contributed by atoms with E-state index in [9.17, 15) is 4.79 Å². The highest BCUT2D eigenvalue weighted by Crippen LogP contribution is 2.10. The number of hydrogen-bond acceptors (Lipinski definition) is 3. The Morgan fingerprint density at radius 3 is 1.72 bits per heavy atom. The molecular formula is C13H10Br2N2O. The van der Waals surface area contributed by atoms with Crippen LogP contribution in [-0.4, -0.2) is 15.8 Å². The number of aromatic nitrogens is 2. The lowest BCUT2D eigenvalue weighted by atomic mass is 10.1. The fraction of sp³-hybridized carbons (Fsp3) is 0.154. The van der Waals surface area contributed by atoms with Gasteiger partial charge in [-0.3, -0.25) is 4.79 Å². The molecule has 2 aromatic heterocycles. The molecule has 0 N–H and O–H groups in total. The molecule has 2 heterocycles. The average Bonchev–Trinajstić information content (AvgIpc) is 2.46. The van der Waals surface area contributed by atoms with Crippen LogP contribution in [0.5, 0.6) is 0 Å². The number of carbonyl (C=O) groups is 1. The minimum absolute atomic E-state index is 0.152. The van der Waals surface area contributed by atoms with Crippen LogP contribution in [0.25, 0.3) is 0 Å². The first kappa shape index (κ1) is 13.4. The molecule has 2 aromatic rings. The van der Waals surface area contributed by atoms with E-state index in [2.05, 4.69) is 41.8 Å². The predicted octanol–water partition coefficient (Wildman–Crippen LogP) is 3.50. The summed E-state index contributed by atoms with van der Waals surface area (Å²) in [5.41, 5.74) is 2.51. The summed E-state index contributed by atoms with van der Waals surface area (Å²) in [7, 11) is 0. The van der Waals surface area contributed by atoms with Gasteiger partial charge in [0.2, 0.25) is 5.78 Å². The van der Waals surface area contributed by atoms with Crippen LogP contribution >= 0.6 is 31.9 Å². The molecule has 0 spiro atoms. The third-order valence-corrected chi connectivity index (χ3v) is 3.50. The van der Waals surface area contributed by atoms with Crippen LogP contribution in [0.15, 0.2) is 36.4 Å². The Bertz CT molecular complexity index is 523. The molecule has 18 heavy (non-hydrogen) atoms. The molecule has 0 radical (unpaired) electrons. The Kier molecular flexibility index (Phi) is 4.60. The minimum Gasteiger partial charge on any atom is -0.285 e. The van der Waals surface area contributed by atoms with E-state index in [0.717, 1.165) is 11.4 Å². The molecule has 0 amide bonds. The van der Waals surface area contributed by atoms with Gasteiger partial charge in [0.05, 0.1) is 11.4 Å². The number of nitrogens with zero attached hydrogens (tertiary/aromatic N) is 2. The van der Waals surface area contributed by atoms with Gasteiger partial charge in [-0.1, -0.05) is 44.0 Å². The van der Waals surface area contributed by atoms with Crippen molar-refractivity contribution in [3.8, 4) is 0 Å². The fourth-order valence-electron chi connectivity index (χ4n) is 1.49. The summed E-state index contributed by atoms with van der Waals surface area (Å²) in [6.07, 6.45) is 0. The van der Waals surface area contributed by atoms with Crippen LogP contribution in [-0.2, 0) is 10.7 Å². The number of pyridine rings is 2. The lowest BCUT2D eigenvalue weighted by Crippen LogP contribution is -2.08. The summed E-state index contributed by atoms with van der Waals surface area (Å²) in [5, 5.41) is 1.26. The van der Waals surface area contributed by atoms with Crippen molar-refractivity contribution in [3.05, 3.63) is 59.2 Å². The number of hydrogen-bond donors (Lipinski definition) is 0. The van der Waals surface area contributed by atoms with E-state index in [1.165, 1.54) is 0 Å². The Balaban J connectivity index is 2.34. The van der Waals surface area contributed by atoms with Crippen LogP contribution in [0.3, 0.4) is 0 Å². The fourth-order valence-corrected chi connectivity index (χ4v) is 2.12. The van der Waals surface area contributed by atoms with E-state index in [1.54, 1.807) is 12.1 Å². The molecule has 0 bridgehead atoms. The maximum absolute atomic E-state index is 12.2. The standard InChI is InChI=1S/C13H10Br2N2O/c14-7-9-3-1-5-11(16-9)13(18)12-6-2-4-10(8-15)17-12/h1-6H,7-8H2. The molecule has 2 rings (SSSR count). The van der Waals surface area contributed by atoms with Crippen molar-refractivity contribution in [2.24, 2.45) is 0 Å². The smallest absolute Gasteiger partial charge is 0.229 e. The molecule has 0 saturated heterocycles. The number of ketones is 1. The van der Waals surface area contributed by atoms with Crippen LogP contribution < -0.4 is 0 Å². The van der Waals surface area contributed by atoms with Crippen LogP contribution in [0.4, 0.5) is 0 Å². The van der Waals surface area contributed by atoms with E-state index < -0.39 is 0 Å². The van der Waals surface area contributed by atoms with Crippen molar-refractivity contribution in [1.82, 2.24) is 9.97 Å². The summed E-state index contributed by atoms with van der Waals surface area (Å²) >= 11 is 6.65. The predicted molar refractivity (Wildman–Crippen MR) is 77.2 cm³/mol. The average molecular weight is 370 g/mol. The highest BCUT2D eigenvalue weighted by atomic mass is 79.9. The lowest BCUT2D eigenvalue weighted by Gasteiger charge is -2.03. The zero-order valence-corrected chi connectivity index (χ0v) is 12.6. The van der Waals surface area contributed by atoms with E-state index in [0.29, 0.717) is 22.0 Å².